The Balaban J connectivity index is 2.18. The van der Waals surface area contributed by atoms with Gasteiger partial charge in [0.25, 0.3) is 0 Å². The summed E-state index contributed by atoms with van der Waals surface area (Å²) in [5, 5.41) is -0.528. The first-order valence-corrected chi connectivity index (χ1v) is 6.20. The number of alkyl halides is 2. The zero-order valence-electron chi connectivity index (χ0n) is 10.2. The zero-order chi connectivity index (χ0) is 14.7. The van der Waals surface area contributed by atoms with Crippen LogP contribution in [-0.4, -0.2) is 17.9 Å². The Kier molecular flexibility index (Phi) is 4.29. The molecule has 7 heteroatoms. The lowest BCUT2D eigenvalue weighted by Gasteiger charge is -2.30. The summed E-state index contributed by atoms with van der Waals surface area (Å²) in [6, 6.07) is 6.01. The molecule has 1 aromatic carbocycles. The molecule has 0 radical (unpaired) electrons. The summed E-state index contributed by atoms with van der Waals surface area (Å²) >= 11 is 4.34. The molecule has 0 spiro atoms. The van der Waals surface area contributed by atoms with Crippen molar-refractivity contribution in [2.24, 2.45) is 5.73 Å². The number of amides is 1. The molecule has 106 valence electrons. The molecule has 1 aliphatic heterocycles. The van der Waals surface area contributed by atoms with Crippen LogP contribution in [-0.2, 0) is 4.79 Å². The number of allylic oxidation sites excluding steroid dienone is 2. The van der Waals surface area contributed by atoms with E-state index in [1.54, 1.807) is 35.4 Å². The first-order valence-electron chi connectivity index (χ1n) is 5.68. The van der Waals surface area contributed by atoms with Gasteiger partial charge in [0.15, 0.2) is 0 Å². The van der Waals surface area contributed by atoms with Crippen LogP contribution in [0.2, 0.25) is 0 Å². The Morgan fingerprint density at radius 3 is 2.55 bits per heavy atom. The number of nitrogens with zero attached hydrogens (tertiary/aromatic N) is 1. The van der Waals surface area contributed by atoms with E-state index in [0.29, 0.717) is 11.3 Å². The summed E-state index contributed by atoms with van der Waals surface area (Å²) in [6.07, 6.45) is 4.97. The third kappa shape index (κ3) is 3.11. The number of thiol groups is 1. The van der Waals surface area contributed by atoms with Gasteiger partial charge in [0.1, 0.15) is 11.1 Å². The van der Waals surface area contributed by atoms with Gasteiger partial charge >= 0.3 is 6.61 Å². The van der Waals surface area contributed by atoms with E-state index in [1.165, 1.54) is 12.1 Å². The van der Waals surface area contributed by atoms with E-state index in [4.69, 9.17) is 5.73 Å². The molecular weight excluding hydrogens is 286 g/mol. The van der Waals surface area contributed by atoms with Crippen molar-refractivity contribution < 1.29 is 18.3 Å². The van der Waals surface area contributed by atoms with Gasteiger partial charge in [-0.1, -0.05) is 0 Å². The van der Waals surface area contributed by atoms with Crippen LogP contribution in [0.5, 0.6) is 5.75 Å². The molecule has 1 atom stereocenters. The summed E-state index contributed by atoms with van der Waals surface area (Å²) in [7, 11) is 0. The second kappa shape index (κ2) is 5.96. The summed E-state index contributed by atoms with van der Waals surface area (Å²) in [6.45, 7) is -2.86. The Bertz CT molecular complexity index is 558. The molecule has 0 bridgehead atoms. The molecule has 0 saturated heterocycles. The van der Waals surface area contributed by atoms with Gasteiger partial charge in [0.2, 0.25) is 5.91 Å². The van der Waals surface area contributed by atoms with Crippen LogP contribution in [0.15, 0.2) is 48.2 Å². The van der Waals surface area contributed by atoms with Crippen molar-refractivity contribution in [3.05, 3.63) is 48.2 Å². The SMILES string of the molecule is NC(=O)C1=CC=CN(c2ccc(OC(F)F)cc2)C1S. The summed E-state index contributed by atoms with van der Waals surface area (Å²) in [5.41, 5.74) is 6.28. The standard InChI is InChI=1S/C13H12F2N2O2S/c14-13(15)19-9-5-3-8(4-6-9)17-7-1-2-10(11(16)18)12(17)20/h1-7,12-13,20H,(H2,16,18). The summed E-state index contributed by atoms with van der Waals surface area (Å²) in [4.78, 5) is 12.9. The van der Waals surface area contributed by atoms with Crippen molar-refractivity contribution in [3.8, 4) is 5.75 Å². The number of carbonyl (C=O) groups excluding carboxylic acids is 1. The van der Waals surface area contributed by atoms with Gasteiger partial charge in [-0.2, -0.15) is 8.78 Å². The molecule has 20 heavy (non-hydrogen) atoms. The number of hydrogen-bond donors (Lipinski definition) is 2. The molecule has 0 saturated carbocycles. The average Bonchev–Trinajstić information content (AvgIpc) is 2.39. The van der Waals surface area contributed by atoms with Crippen LogP contribution in [0.3, 0.4) is 0 Å². The number of ether oxygens (including phenoxy) is 1. The van der Waals surface area contributed by atoms with Gasteiger partial charge in [0.05, 0.1) is 0 Å². The smallest absolute Gasteiger partial charge is 0.387 e. The van der Waals surface area contributed by atoms with Gasteiger partial charge in [-0.15, -0.1) is 12.6 Å². The number of primary amides is 1. The molecule has 1 unspecified atom stereocenters. The Morgan fingerprint density at radius 2 is 2.00 bits per heavy atom. The highest BCUT2D eigenvalue weighted by Crippen LogP contribution is 2.28. The minimum Gasteiger partial charge on any atom is -0.435 e. The van der Waals surface area contributed by atoms with Crippen LogP contribution in [0, 0.1) is 0 Å². The lowest BCUT2D eigenvalue weighted by Crippen LogP contribution is -2.35. The zero-order valence-corrected chi connectivity index (χ0v) is 11.1. The van der Waals surface area contributed by atoms with Gasteiger partial charge in [0, 0.05) is 17.5 Å². The maximum Gasteiger partial charge on any atom is 0.387 e. The van der Waals surface area contributed by atoms with E-state index >= 15 is 0 Å². The molecule has 2 N–H and O–H groups in total. The lowest BCUT2D eigenvalue weighted by atomic mass is 10.1. The first kappa shape index (κ1) is 14.4. The topological polar surface area (TPSA) is 55.6 Å². The number of carbonyl (C=O) groups is 1. The van der Waals surface area contributed by atoms with Crippen molar-refractivity contribution in [3.63, 3.8) is 0 Å². The van der Waals surface area contributed by atoms with E-state index < -0.39 is 17.9 Å². The molecule has 1 heterocycles. The van der Waals surface area contributed by atoms with Crippen molar-refractivity contribution >= 4 is 24.2 Å². The minimum atomic E-state index is -2.86. The number of hydrogen-bond acceptors (Lipinski definition) is 4. The first-order chi connectivity index (χ1) is 9.49. The van der Waals surface area contributed by atoms with Crippen molar-refractivity contribution in [2.45, 2.75) is 12.0 Å². The number of nitrogens with two attached hydrogens (primary N) is 1. The van der Waals surface area contributed by atoms with Crippen molar-refractivity contribution in [1.29, 1.82) is 0 Å². The average molecular weight is 298 g/mol. The predicted octanol–water partition coefficient (Wildman–Crippen LogP) is 2.29. The third-order valence-electron chi connectivity index (χ3n) is 2.71. The highest BCUT2D eigenvalue weighted by molar-refractivity contribution is 7.81. The maximum absolute atomic E-state index is 12.1. The van der Waals surface area contributed by atoms with Crippen molar-refractivity contribution in [1.82, 2.24) is 0 Å². The van der Waals surface area contributed by atoms with Gasteiger partial charge in [-0.25, -0.2) is 0 Å². The molecule has 1 aromatic rings. The molecular formula is C13H12F2N2O2S. The number of anilines is 1. The molecule has 0 aliphatic carbocycles. The third-order valence-corrected chi connectivity index (χ3v) is 3.24. The maximum atomic E-state index is 12.1. The van der Waals surface area contributed by atoms with Crippen molar-refractivity contribution in [2.75, 3.05) is 4.90 Å². The number of rotatable bonds is 4. The molecule has 2 rings (SSSR count). The van der Waals surface area contributed by atoms with E-state index in [9.17, 15) is 13.6 Å². The highest BCUT2D eigenvalue weighted by atomic mass is 32.1. The van der Waals surface area contributed by atoms with Gasteiger partial charge in [-0.05, 0) is 36.4 Å². The van der Waals surface area contributed by atoms with E-state index in [0.717, 1.165) is 0 Å². The number of benzene rings is 1. The fourth-order valence-corrected chi connectivity index (χ4v) is 2.22. The second-order valence-corrected chi connectivity index (χ2v) is 4.47. The van der Waals surface area contributed by atoms with Crippen LogP contribution < -0.4 is 15.4 Å². The lowest BCUT2D eigenvalue weighted by molar-refractivity contribution is -0.114. The Morgan fingerprint density at radius 1 is 1.35 bits per heavy atom. The highest BCUT2D eigenvalue weighted by Gasteiger charge is 2.23. The Labute approximate surface area is 119 Å². The monoisotopic (exact) mass is 298 g/mol. The largest absolute Gasteiger partial charge is 0.435 e. The molecule has 4 nitrogen and oxygen atoms in total. The summed E-state index contributed by atoms with van der Waals surface area (Å²) < 4.78 is 28.4. The number of halogens is 2. The van der Waals surface area contributed by atoms with Gasteiger partial charge in [-0.3, -0.25) is 4.79 Å². The fourth-order valence-electron chi connectivity index (χ4n) is 1.79. The molecule has 0 aromatic heterocycles. The van der Waals surface area contributed by atoms with Gasteiger partial charge < -0.3 is 15.4 Å². The molecule has 1 aliphatic rings. The van der Waals surface area contributed by atoms with Crippen LogP contribution in [0.25, 0.3) is 0 Å². The van der Waals surface area contributed by atoms with E-state index in [1.807, 2.05) is 0 Å². The van der Waals surface area contributed by atoms with Crippen LogP contribution >= 0.6 is 12.6 Å². The molecule has 0 fully saturated rings. The minimum absolute atomic E-state index is 0.0612. The van der Waals surface area contributed by atoms with E-state index in [-0.39, 0.29) is 5.75 Å². The second-order valence-electron chi connectivity index (χ2n) is 3.98. The van der Waals surface area contributed by atoms with E-state index in [2.05, 4.69) is 17.4 Å². The predicted molar refractivity (Wildman–Crippen MR) is 74.7 cm³/mol. The Hall–Kier alpha value is -2.02. The van der Waals surface area contributed by atoms with Crippen LogP contribution in [0.4, 0.5) is 14.5 Å². The quantitative estimate of drug-likeness (QED) is 0.839. The molecule has 1 amide bonds. The van der Waals surface area contributed by atoms with Crippen LogP contribution in [0.1, 0.15) is 0 Å². The summed E-state index contributed by atoms with van der Waals surface area (Å²) in [5.74, 6) is -0.497. The normalized spacial score (nSPS) is 18.1. The fraction of sp³-hybridized carbons (Fsp3) is 0.154.